The minimum absolute atomic E-state index is 0.0506. The topological polar surface area (TPSA) is 53.3 Å². The lowest BCUT2D eigenvalue weighted by atomic mass is 10.2. The molecule has 1 aromatic carbocycles. The van der Waals surface area contributed by atoms with Crippen molar-refractivity contribution in [3.8, 4) is 5.75 Å². The first-order valence-electron chi connectivity index (χ1n) is 6.44. The van der Waals surface area contributed by atoms with Crippen molar-refractivity contribution in [2.24, 2.45) is 0 Å². The third-order valence-electron chi connectivity index (χ3n) is 3.16. The van der Waals surface area contributed by atoms with Crippen LogP contribution in [0.15, 0.2) is 24.3 Å². The molecule has 0 aliphatic carbocycles. The molecule has 0 radical (unpaired) electrons. The molecule has 0 N–H and O–H groups in total. The Kier molecular flexibility index (Phi) is 5.35. The van der Waals surface area contributed by atoms with Gasteiger partial charge in [0.05, 0.1) is 17.2 Å². The van der Waals surface area contributed by atoms with Crippen molar-refractivity contribution in [1.82, 2.24) is 9.78 Å². The third-order valence-corrected chi connectivity index (χ3v) is 4.46. The summed E-state index contributed by atoms with van der Waals surface area (Å²) in [5.74, 6) is 0.722. The number of nitrogens with zero attached hydrogens (tertiary/aromatic N) is 2. The van der Waals surface area contributed by atoms with Gasteiger partial charge >= 0.3 is 0 Å². The fraction of sp³-hybridized carbons (Fsp3) is 0.333. The van der Waals surface area contributed by atoms with Crippen LogP contribution >= 0.6 is 22.6 Å². The van der Waals surface area contributed by atoms with Crippen molar-refractivity contribution >= 4 is 28.4 Å². The van der Waals surface area contributed by atoms with E-state index in [2.05, 4.69) is 27.7 Å². The first kappa shape index (κ1) is 16.0. The summed E-state index contributed by atoms with van der Waals surface area (Å²) in [4.78, 5) is 11.9. The smallest absolute Gasteiger partial charge is 0.209 e. The molecule has 1 aromatic heterocycles. The molecule has 21 heavy (non-hydrogen) atoms. The van der Waals surface area contributed by atoms with Crippen LogP contribution in [-0.4, -0.2) is 36.4 Å². The van der Waals surface area contributed by atoms with Crippen LogP contribution in [0.25, 0.3) is 0 Å². The monoisotopic (exact) mass is 400 g/mol. The van der Waals surface area contributed by atoms with Crippen LogP contribution in [0, 0.1) is 10.5 Å². The van der Waals surface area contributed by atoms with E-state index in [-0.39, 0.29) is 12.4 Å². The summed E-state index contributed by atoms with van der Waals surface area (Å²) in [6.45, 7) is 2.63. The molecule has 0 saturated heterocycles. The summed E-state index contributed by atoms with van der Waals surface area (Å²) >= 11 is 2.15. The maximum absolute atomic E-state index is 11.9. The number of methoxy groups -OCH3 is 2. The lowest BCUT2D eigenvalue weighted by Crippen LogP contribution is -2.10. The normalized spacial score (nSPS) is 10.7. The van der Waals surface area contributed by atoms with Crippen molar-refractivity contribution in [2.45, 2.75) is 13.5 Å². The predicted octanol–water partition coefficient (Wildman–Crippen LogP) is 2.68. The SMILES string of the molecule is COCC(=O)c1nn(Cc2ccc(OC)cc2)c(C)c1I. The highest BCUT2D eigenvalue weighted by Gasteiger charge is 2.18. The summed E-state index contributed by atoms with van der Waals surface area (Å²) in [5, 5.41) is 4.41. The van der Waals surface area contributed by atoms with Gasteiger partial charge in [0, 0.05) is 12.8 Å². The molecule has 0 saturated carbocycles. The Morgan fingerprint density at radius 1 is 1.29 bits per heavy atom. The van der Waals surface area contributed by atoms with E-state index in [0.717, 1.165) is 20.6 Å². The molecule has 2 aromatic rings. The van der Waals surface area contributed by atoms with Gasteiger partial charge in [0.2, 0.25) is 5.78 Å². The molecular weight excluding hydrogens is 383 g/mol. The van der Waals surface area contributed by atoms with Gasteiger partial charge in [-0.3, -0.25) is 9.48 Å². The summed E-state index contributed by atoms with van der Waals surface area (Å²) in [6.07, 6.45) is 0. The van der Waals surface area contributed by atoms with E-state index in [0.29, 0.717) is 12.2 Å². The fourth-order valence-electron chi connectivity index (χ4n) is 1.96. The second-order valence-electron chi connectivity index (χ2n) is 4.61. The Balaban J connectivity index is 2.23. The van der Waals surface area contributed by atoms with E-state index in [9.17, 15) is 4.79 Å². The number of hydrogen-bond acceptors (Lipinski definition) is 4. The molecule has 0 atom stereocenters. The molecule has 0 amide bonds. The minimum atomic E-state index is -0.0986. The minimum Gasteiger partial charge on any atom is -0.497 e. The lowest BCUT2D eigenvalue weighted by molar-refractivity contribution is 0.0841. The van der Waals surface area contributed by atoms with Crippen LogP contribution in [0.5, 0.6) is 5.75 Å². The van der Waals surface area contributed by atoms with Crippen molar-refractivity contribution in [3.05, 3.63) is 44.8 Å². The van der Waals surface area contributed by atoms with Gasteiger partial charge in [-0.2, -0.15) is 5.10 Å². The van der Waals surface area contributed by atoms with Gasteiger partial charge in [-0.1, -0.05) is 12.1 Å². The summed E-state index contributed by atoms with van der Waals surface area (Å²) in [6, 6.07) is 7.80. The summed E-state index contributed by atoms with van der Waals surface area (Å²) in [7, 11) is 3.15. The summed E-state index contributed by atoms with van der Waals surface area (Å²) in [5.41, 5.74) is 2.55. The molecule has 0 fully saturated rings. The van der Waals surface area contributed by atoms with Crippen molar-refractivity contribution in [3.63, 3.8) is 0 Å². The van der Waals surface area contributed by atoms with Gasteiger partial charge in [-0.05, 0) is 47.2 Å². The van der Waals surface area contributed by atoms with Crippen LogP contribution in [-0.2, 0) is 11.3 Å². The highest BCUT2D eigenvalue weighted by molar-refractivity contribution is 14.1. The maximum Gasteiger partial charge on any atom is 0.209 e. The molecule has 0 aliphatic heterocycles. The number of carbonyl (C=O) groups excluding carboxylic acids is 1. The second kappa shape index (κ2) is 7.04. The highest BCUT2D eigenvalue weighted by Crippen LogP contribution is 2.19. The average molecular weight is 400 g/mol. The van der Waals surface area contributed by atoms with E-state index < -0.39 is 0 Å². The zero-order valence-electron chi connectivity index (χ0n) is 12.2. The number of carbonyl (C=O) groups is 1. The Hall–Kier alpha value is -1.41. The number of ether oxygens (including phenoxy) is 2. The van der Waals surface area contributed by atoms with Crippen LogP contribution in [0.4, 0.5) is 0 Å². The third kappa shape index (κ3) is 3.62. The molecule has 1 heterocycles. The molecule has 5 nitrogen and oxygen atoms in total. The number of benzene rings is 1. The van der Waals surface area contributed by atoms with Gasteiger partial charge in [-0.25, -0.2) is 0 Å². The Labute approximate surface area is 137 Å². The molecule has 6 heteroatoms. The molecule has 0 spiro atoms. The number of aromatic nitrogens is 2. The lowest BCUT2D eigenvalue weighted by Gasteiger charge is -2.06. The van der Waals surface area contributed by atoms with Gasteiger partial charge in [0.25, 0.3) is 0 Å². The van der Waals surface area contributed by atoms with Crippen LogP contribution in [0.1, 0.15) is 21.7 Å². The van der Waals surface area contributed by atoms with Crippen LogP contribution < -0.4 is 4.74 Å². The van der Waals surface area contributed by atoms with E-state index in [1.54, 1.807) is 7.11 Å². The van der Waals surface area contributed by atoms with Gasteiger partial charge in [0.1, 0.15) is 18.1 Å². The van der Waals surface area contributed by atoms with Gasteiger partial charge in [0.15, 0.2) is 0 Å². The molecule has 0 bridgehead atoms. The van der Waals surface area contributed by atoms with E-state index in [1.807, 2.05) is 35.9 Å². The van der Waals surface area contributed by atoms with Crippen LogP contribution in [0.2, 0.25) is 0 Å². The Morgan fingerprint density at radius 2 is 1.95 bits per heavy atom. The first-order valence-corrected chi connectivity index (χ1v) is 7.52. The molecule has 112 valence electrons. The van der Waals surface area contributed by atoms with Gasteiger partial charge < -0.3 is 9.47 Å². The Morgan fingerprint density at radius 3 is 2.52 bits per heavy atom. The van der Waals surface area contributed by atoms with E-state index >= 15 is 0 Å². The Bertz CT molecular complexity index is 635. The standard InChI is InChI=1S/C15H17IN2O3/c1-10-14(16)15(13(19)9-20-2)17-18(10)8-11-4-6-12(21-3)7-5-11/h4-7H,8-9H2,1-3H3. The zero-order chi connectivity index (χ0) is 15.4. The predicted molar refractivity (Wildman–Crippen MR) is 88.0 cm³/mol. The summed E-state index contributed by atoms with van der Waals surface area (Å²) < 4.78 is 12.8. The second-order valence-corrected chi connectivity index (χ2v) is 5.69. The number of halogens is 1. The molecule has 0 aliphatic rings. The van der Waals surface area contributed by atoms with Crippen molar-refractivity contribution in [1.29, 1.82) is 0 Å². The number of Topliss-reactive ketones (excluding diaryl/α,β-unsaturated/α-hetero) is 1. The van der Waals surface area contributed by atoms with E-state index in [1.165, 1.54) is 7.11 Å². The number of hydrogen-bond donors (Lipinski definition) is 0. The largest absolute Gasteiger partial charge is 0.497 e. The van der Waals surface area contributed by atoms with Crippen molar-refractivity contribution in [2.75, 3.05) is 20.8 Å². The maximum atomic E-state index is 11.9. The first-order chi connectivity index (χ1) is 10.1. The molecule has 0 unspecified atom stereocenters. The van der Waals surface area contributed by atoms with Crippen LogP contribution in [0.3, 0.4) is 0 Å². The van der Waals surface area contributed by atoms with E-state index in [4.69, 9.17) is 9.47 Å². The average Bonchev–Trinajstić information content (AvgIpc) is 2.77. The highest BCUT2D eigenvalue weighted by atomic mass is 127. The number of rotatable bonds is 6. The molecular formula is C15H17IN2O3. The molecule has 2 rings (SSSR count). The fourth-order valence-corrected chi connectivity index (χ4v) is 2.65. The quantitative estimate of drug-likeness (QED) is 0.553. The number of ketones is 1. The van der Waals surface area contributed by atoms with Crippen molar-refractivity contribution < 1.29 is 14.3 Å². The zero-order valence-corrected chi connectivity index (χ0v) is 14.4. The van der Waals surface area contributed by atoms with Gasteiger partial charge in [-0.15, -0.1) is 0 Å².